The molecule has 2 aromatic carbocycles. The van der Waals surface area contributed by atoms with Gasteiger partial charge in [0, 0.05) is 37.4 Å². The summed E-state index contributed by atoms with van der Waals surface area (Å²) in [6, 6.07) is 17.4. The van der Waals surface area contributed by atoms with E-state index in [-0.39, 0.29) is 24.7 Å². The summed E-state index contributed by atoms with van der Waals surface area (Å²) in [7, 11) is 0. The minimum atomic E-state index is -0.689. The number of aryl methyl sites for hydroxylation is 2. The second-order valence-corrected chi connectivity index (χ2v) is 8.07. The molecule has 1 fully saturated rings. The van der Waals surface area contributed by atoms with Crippen LogP contribution in [0.25, 0.3) is 0 Å². The van der Waals surface area contributed by atoms with Crippen molar-refractivity contribution in [1.29, 1.82) is 0 Å². The molecule has 0 amide bonds. The smallest absolute Gasteiger partial charge is 0.303 e. The summed E-state index contributed by atoms with van der Waals surface area (Å²) in [4.78, 5) is 15.6. The first kappa shape index (κ1) is 22.6. The molecule has 1 atom stereocenters. The molecular weight excluding hydrogens is 400 g/mol. The van der Waals surface area contributed by atoms with E-state index < -0.39 is 5.97 Å². The van der Waals surface area contributed by atoms with Gasteiger partial charge in [-0.05, 0) is 55.0 Å². The number of hydrogen-bond donors (Lipinski definition) is 1. The largest absolute Gasteiger partial charge is 0.481 e. The van der Waals surface area contributed by atoms with Crippen LogP contribution in [0.3, 0.4) is 0 Å². The van der Waals surface area contributed by atoms with Crippen LogP contribution in [0.5, 0.6) is 0 Å². The molecule has 2 aliphatic rings. The first-order chi connectivity index (χ1) is 14.2. The lowest BCUT2D eigenvalue weighted by Gasteiger charge is -2.27. The van der Waals surface area contributed by atoms with Gasteiger partial charge in [0.25, 0.3) is 0 Å². The fraction of sp³-hybridized carbons (Fsp3) is 0.458. The number of hydrogen-bond acceptors (Lipinski definition) is 4. The number of carboxylic acid groups (broad SMARTS) is 1. The maximum absolute atomic E-state index is 10.9. The molecule has 0 spiro atoms. The van der Waals surface area contributed by atoms with E-state index in [1.807, 2.05) is 0 Å². The van der Waals surface area contributed by atoms with Crippen molar-refractivity contribution in [3.05, 3.63) is 59.7 Å². The van der Waals surface area contributed by atoms with Crippen LogP contribution in [0.1, 0.15) is 24.0 Å². The van der Waals surface area contributed by atoms with Gasteiger partial charge in [0.05, 0.1) is 13.2 Å². The molecule has 1 saturated heterocycles. The summed E-state index contributed by atoms with van der Waals surface area (Å²) in [5, 5.41) is 8.94. The van der Waals surface area contributed by atoms with Gasteiger partial charge in [0.15, 0.2) is 0 Å². The number of anilines is 2. The Kier molecular flexibility index (Phi) is 8.14. The third-order valence-electron chi connectivity index (χ3n) is 6.07. The van der Waals surface area contributed by atoms with Crippen LogP contribution in [-0.4, -0.2) is 55.4 Å². The molecule has 0 radical (unpaired) electrons. The summed E-state index contributed by atoms with van der Waals surface area (Å²) in [6.07, 6.45) is 3.40. The van der Waals surface area contributed by atoms with Crippen LogP contribution >= 0.6 is 12.4 Å². The summed E-state index contributed by atoms with van der Waals surface area (Å²) in [5.41, 5.74) is 5.37. The number of rotatable bonds is 8. The van der Waals surface area contributed by atoms with E-state index in [9.17, 15) is 4.79 Å². The standard InChI is InChI=1S/C24H30N2O3.ClH/c27-24(28)17-19-11-12-25(18-19)13-15-29-16-14-26-22-7-3-1-5-20(22)9-10-21-6-2-4-8-23(21)26;/h1-8,19H,9-18H2,(H,27,28);1H. The highest BCUT2D eigenvalue weighted by Crippen LogP contribution is 2.35. The first-order valence-electron chi connectivity index (χ1n) is 10.7. The number of ether oxygens (including phenoxy) is 1. The Hall–Kier alpha value is -2.08. The Morgan fingerprint density at radius 2 is 1.57 bits per heavy atom. The average molecular weight is 431 g/mol. The van der Waals surface area contributed by atoms with Crippen molar-refractivity contribution in [1.82, 2.24) is 4.90 Å². The Labute approximate surface area is 185 Å². The molecule has 1 N–H and O–H groups in total. The van der Waals surface area contributed by atoms with E-state index in [1.54, 1.807) is 0 Å². The molecular formula is C24H31ClN2O3. The number of likely N-dealkylation sites (tertiary alicyclic amines) is 1. The van der Waals surface area contributed by atoms with Gasteiger partial charge in [-0.1, -0.05) is 36.4 Å². The number of para-hydroxylation sites is 2. The molecule has 0 bridgehead atoms. The molecule has 30 heavy (non-hydrogen) atoms. The zero-order chi connectivity index (χ0) is 20.1. The predicted molar refractivity (Wildman–Crippen MR) is 122 cm³/mol. The van der Waals surface area contributed by atoms with E-state index in [0.717, 1.165) is 45.4 Å². The lowest BCUT2D eigenvalue weighted by Crippen LogP contribution is -2.28. The Balaban J connectivity index is 0.00000256. The van der Waals surface area contributed by atoms with Gasteiger partial charge >= 0.3 is 5.97 Å². The van der Waals surface area contributed by atoms with Crippen molar-refractivity contribution in [2.24, 2.45) is 5.92 Å². The highest BCUT2D eigenvalue weighted by molar-refractivity contribution is 5.85. The van der Waals surface area contributed by atoms with E-state index in [0.29, 0.717) is 13.2 Å². The second-order valence-electron chi connectivity index (χ2n) is 8.07. The molecule has 2 aliphatic heterocycles. The predicted octanol–water partition coefficient (Wildman–Crippen LogP) is 4.16. The van der Waals surface area contributed by atoms with Crippen LogP contribution in [0, 0.1) is 5.92 Å². The third kappa shape index (κ3) is 5.54. The van der Waals surface area contributed by atoms with E-state index >= 15 is 0 Å². The molecule has 4 rings (SSSR count). The number of aliphatic carboxylic acids is 1. The Bertz CT molecular complexity index is 797. The minimum absolute atomic E-state index is 0. The molecule has 0 aliphatic carbocycles. The van der Waals surface area contributed by atoms with Crippen LogP contribution in [0.2, 0.25) is 0 Å². The van der Waals surface area contributed by atoms with E-state index in [4.69, 9.17) is 9.84 Å². The average Bonchev–Trinajstić information content (AvgIpc) is 3.09. The summed E-state index contributed by atoms with van der Waals surface area (Å²) in [6.45, 7) is 4.93. The summed E-state index contributed by atoms with van der Waals surface area (Å²) in [5.74, 6) is -0.399. The van der Waals surface area contributed by atoms with Gasteiger partial charge in [-0.25, -0.2) is 0 Å². The van der Waals surface area contributed by atoms with Gasteiger partial charge in [-0.15, -0.1) is 12.4 Å². The maximum Gasteiger partial charge on any atom is 0.303 e. The number of halogens is 1. The van der Waals surface area contributed by atoms with Gasteiger partial charge in [-0.2, -0.15) is 0 Å². The van der Waals surface area contributed by atoms with Crippen LogP contribution in [0.15, 0.2) is 48.5 Å². The fourth-order valence-electron chi connectivity index (χ4n) is 4.59. The SMILES string of the molecule is Cl.O=C(O)CC1CCN(CCOCCN2c3ccccc3CCc3ccccc32)C1. The molecule has 0 aromatic heterocycles. The van der Waals surface area contributed by atoms with Crippen molar-refractivity contribution in [3.8, 4) is 0 Å². The minimum Gasteiger partial charge on any atom is -0.481 e. The van der Waals surface area contributed by atoms with Crippen molar-refractivity contribution in [2.75, 3.05) is 44.3 Å². The normalized spacial score (nSPS) is 18.3. The molecule has 0 saturated carbocycles. The summed E-state index contributed by atoms with van der Waals surface area (Å²) < 4.78 is 5.99. The highest BCUT2D eigenvalue weighted by Gasteiger charge is 2.24. The maximum atomic E-state index is 10.9. The second kappa shape index (κ2) is 10.8. The zero-order valence-electron chi connectivity index (χ0n) is 17.3. The molecule has 6 heteroatoms. The Morgan fingerprint density at radius 3 is 2.20 bits per heavy atom. The number of carbonyl (C=O) groups is 1. The number of carboxylic acids is 1. The summed E-state index contributed by atoms with van der Waals surface area (Å²) >= 11 is 0. The molecule has 2 heterocycles. The lowest BCUT2D eigenvalue weighted by atomic mass is 10.0. The number of fused-ring (bicyclic) bond motifs is 2. The lowest BCUT2D eigenvalue weighted by molar-refractivity contribution is -0.138. The van der Waals surface area contributed by atoms with Crippen molar-refractivity contribution in [2.45, 2.75) is 25.7 Å². The van der Waals surface area contributed by atoms with Crippen molar-refractivity contribution >= 4 is 29.8 Å². The van der Waals surface area contributed by atoms with Gasteiger partial charge < -0.3 is 19.6 Å². The van der Waals surface area contributed by atoms with Gasteiger partial charge in [0.2, 0.25) is 0 Å². The van der Waals surface area contributed by atoms with Crippen LogP contribution < -0.4 is 4.90 Å². The van der Waals surface area contributed by atoms with E-state index in [2.05, 4.69) is 58.3 Å². The Morgan fingerprint density at radius 1 is 0.967 bits per heavy atom. The van der Waals surface area contributed by atoms with Gasteiger partial charge in [0.1, 0.15) is 0 Å². The first-order valence-corrected chi connectivity index (χ1v) is 10.7. The van der Waals surface area contributed by atoms with Crippen LogP contribution in [0.4, 0.5) is 11.4 Å². The number of benzene rings is 2. The zero-order valence-corrected chi connectivity index (χ0v) is 18.2. The van der Waals surface area contributed by atoms with Gasteiger partial charge in [-0.3, -0.25) is 4.79 Å². The fourth-order valence-corrected chi connectivity index (χ4v) is 4.59. The van der Waals surface area contributed by atoms with Crippen molar-refractivity contribution in [3.63, 3.8) is 0 Å². The molecule has 2 aromatic rings. The highest BCUT2D eigenvalue weighted by atomic mass is 35.5. The van der Waals surface area contributed by atoms with Crippen LogP contribution in [-0.2, 0) is 22.4 Å². The monoisotopic (exact) mass is 430 g/mol. The molecule has 1 unspecified atom stereocenters. The molecule has 5 nitrogen and oxygen atoms in total. The number of nitrogens with zero attached hydrogens (tertiary/aromatic N) is 2. The quantitative estimate of drug-likeness (QED) is 0.637. The van der Waals surface area contributed by atoms with Crippen molar-refractivity contribution < 1.29 is 14.6 Å². The van der Waals surface area contributed by atoms with E-state index in [1.165, 1.54) is 22.5 Å². The topological polar surface area (TPSA) is 53.0 Å². The molecule has 162 valence electrons. The third-order valence-corrected chi connectivity index (χ3v) is 6.07.